The summed E-state index contributed by atoms with van der Waals surface area (Å²) in [6.07, 6.45) is 1.56. The summed E-state index contributed by atoms with van der Waals surface area (Å²) in [5.41, 5.74) is 0.461. The van der Waals surface area contributed by atoms with Crippen LogP contribution in [-0.2, 0) is 0 Å². The molecule has 0 aliphatic carbocycles. The number of aromatic carboxylic acids is 1. The molecule has 0 unspecified atom stereocenters. The third kappa shape index (κ3) is 3.21. The summed E-state index contributed by atoms with van der Waals surface area (Å²) in [6, 6.07) is 9.29. The summed E-state index contributed by atoms with van der Waals surface area (Å²) < 4.78 is 0. The van der Waals surface area contributed by atoms with Crippen LogP contribution in [0.4, 0.5) is 0 Å². The van der Waals surface area contributed by atoms with E-state index in [9.17, 15) is 14.4 Å². The van der Waals surface area contributed by atoms with Crippen molar-refractivity contribution in [1.29, 1.82) is 0 Å². The van der Waals surface area contributed by atoms with Gasteiger partial charge in [0.05, 0.1) is 11.0 Å². The van der Waals surface area contributed by atoms with Gasteiger partial charge in [0.2, 0.25) is 0 Å². The Morgan fingerprint density at radius 1 is 0.800 bits per heavy atom. The van der Waals surface area contributed by atoms with Crippen molar-refractivity contribution < 1.29 is 9.90 Å². The molecule has 2 aromatic heterocycles. The average molecular weight is 354 g/mol. The summed E-state index contributed by atoms with van der Waals surface area (Å²) in [5, 5.41) is 11.5. The van der Waals surface area contributed by atoms with Gasteiger partial charge in [-0.05, 0) is 12.1 Å². The fraction of sp³-hybridized carbons (Fsp3) is 0. The van der Waals surface area contributed by atoms with Crippen LogP contribution < -0.4 is 10.9 Å². The molecule has 4 rings (SSSR count). The molecule has 0 saturated carbocycles. The first kappa shape index (κ1) is 19.9. The maximum absolute atomic E-state index is 12.1. The Morgan fingerprint density at radius 3 is 2.00 bits per heavy atom. The van der Waals surface area contributed by atoms with Crippen molar-refractivity contribution in [3.63, 3.8) is 0 Å². The summed E-state index contributed by atoms with van der Waals surface area (Å²) in [6.45, 7) is 0. The zero-order chi connectivity index (χ0) is 16.1. The van der Waals surface area contributed by atoms with E-state index in [2.05, 4.69) is 9.97 Å². The Bertz CT molecular complexity index is 1240. The van der Waals surface area contributed by atoms with E-state index in [1.54, 1.807) is 30.5 Å². The quantitative estimate of drug-likeness (QED) is 0.349. The monoisotopic (exact) mass is 354 g/mol. The Morgan fingerprint density at radius 2 is 1.36 bits per heavy atom. The number of benzene rings is 2. The molecule has 2 heterocycles. The van der Waals surface area contributed by atoms with E-state index >= 15 is 0 Å². The van der Waals surface area contributed by atoms with Crippen molar-refractivity contribution in [3.05, 3.63) is 68.7 Å². The number of carbonyl (C=O) groups is 1. The van der Waals surface area contributed by atoms with Crippen molar-refractivity contribution in [2.45, 2.75) is 0 Å². The average Bonchev–Trinajstić information content (AvgIpc) is 2.54. The second-order valence-corrected chi connectivity index (χ2v) is 5.27. The van der Waals surface area contributed by atoms with Crippen LogP contribution in [0, 0.1) is 0 Å². The van der Waals surface area contributed by atoms with E-state index in [0.29, 0.717) is 27.2 Å². The minimum atomic E-state index is -1.20. The summed E-state index contributed by atoms with van der Waals surface area (Å²) in [4.78, 5) is 41.1. The molecule has 8 heteroatoms. The van der Waals surface area contributed by atoms with Gasteiger partial charge in [-0.15, -0.1) is 0 Å². The van der Waals surface area contributed by atoms with Crippen LogP contribution in [0.15, 0.2) is 52.2 Å². The van der Waals surface area contributed by atoms with Gasteiger partial charge in [0.15, 0.2) is 10.9 Å². The summed E-state index contributed by atoms with van der Waals surface area (Å²) >= 11 is 0. The number of carboxylic acids is 1. The fourth-order valence-electron chi connectivity index (χ4n) is 2.89. The second-order valence-electron chi connectivity index (χ2n) is 5.27. The molecule has 0 spiro atoms. The Labute approximate surface area is 184 Å². The van der Waals surface area contributed by atoms with Crippen LogP contribution in [0.5, 0.6) is 0 Å². The molecule has 0 atom stereocenters. The third-order valence-corrected chi connectivity index (χ3v) is 3.96. The number of nitrogens with one attached hydrogen (secondary N) is 2. The number of rotatable bonds is 1. The van der Waals surface area contributed by atoms with E-state index < -0.39 is 5.97 Å². The van der Waals surface area contributed by atoms with Gasteiger partial charge in [0.25, 0.3) is 0 Å². The summed E-state index contributed by atoms with van der Waals surface area (Å²) in [5.74, 6) is -1.20. The van der Waals surface area contributed by atoms with E-state index in [-0.39, 0.29) is 75.7 Å². The van der Waals surface area contributed by atoms with Gasteiger partial charge in [-0.2, -0.15) is 0 Å². The second kappa shape index (κ2) is 7.45. The molecule has 4 aromatic rings. The van der Waals surface area contributed by atoms with Crippen molar-refractivity contribution in [2.24, 2.45) is 0 Å². The van der Waals surface area contributed by atoms with Gasteiger partial charge in [-0.3, -0.25) is 9.59 Å². The fourth-order valence-corrected chi connectivity index (χ4v) is 2.89. The Kier molecular flexibility index (Phi) is 5.93. The molecule has 0 radical (unpaired) electrons. The predicted molar refractivity (Wildman–Crippen MR) is 101 cm³/mol. The molecular formula is C17H12N2Na2O4. The number of carboxylic acid groups (broad SMARTS) is 1. The normalized spacial score (nSPS) is 10.4. The van der Waals surface area contributed by atoms with Gasteiger partial charge in [0.1, 0.15) is 5.69 Å². The first-order valence-electron chi connectivity index (χ1n) is 6.90. The predicted octanol–water partition coefficient (Wildman–Crippen LogP) is 0.924. The van der Waals surface area contributed by atoms with Crippen molar-refractivity contribution >= 4 is 97.7 Å². The SMILES string of the molecule is O=C(O)c1cc(=O)c2ccc3c(ccc4c(=O)cc[nH]c43)c2[nH]1.[NaH].[NaH]. The number of hydrogen-bond acceptors (Lipinski definition) is 3. The maximum atomic E-state index is 12.1. The van der Waals surface area contributed by atoms with Crippen LogP contribution in [0.1, 0.15) is 10.5 Å². The van der Waals surface area contributed by atoms with Gasteiger partial charge in [0, 0.05) is 39.9 Å². The molecule has 116 valence electrons. The molecule has 0 bridgehead atoms. The molecule has 0 saturated heterocycles. The number of aromatic nitrogens is 2. The first-order valence-corrected chi connectivity index (χ1v) is 6.90. The number of hydrogen-bond donors (Lipinski definition) is 3. The van der Waals surface area contributed by atoms with Gasteiger partial charge >= 0.3 is 65.1 Å². The number of H-pyrrole nitrogens is 2. The van der Waals surface area contributed by atoms with E-state index in [4.69, 9.17) is 5.11 Å². The van der Waals surface area contributed by atoms with Gasteiger partial charge in [-0.25, -0.2) is 4.79 Å². The van der Waals surface area contributed by atoms with E-state index in [1.165, 1.54) is 6.07 Å². The molecule has 25 heavy (non-hydrogen) atoms. The van der Waals surface area contributed by atoms with Crippen LogP contribution in [-0.4, -0.2) is 80.2 Å². The molecule has 0 fully saturated rings. The zero-order valence-corrected chi connectivity index (χ0v) is 11.7. The molecule has 6 nitrogen and oxygen atoms in total. The molecule has 0 amide bonds. The standard InChI is InChI=1S/C17H10N2O4.2Na.2H/c20-13-5-6-18-15-8-1-4-11-14(21)7-12(17(22)23)19-16(11)9(8)2-3-10(13)15;;;;/h1-7H,(H,18,20)(H,19,21)(H,22,23);;;;. The minimum absolute atomic E-state index is 0. The molecule has 3 N–H and O–H groups in total. The number of pyridine rings is 2. The molecule has 0 aliphatic rings. The van der Waals surface area contributed by atoms with Crippen LogP contribution in [0.2, 0.25) is 0 Å². The first-order chi connectivity index (χ1) is 11.1. The zero-order valence-electron chi connectivity index (χ0n) is 11.7. The topological polar surface area (TPSA) is 103 Å². The molecule has 0 aliphatic heterocycles. The van der Waals surface area contributed by atoms with E-state index in [0.717, 1.165) is 11.5 Å². The van der Waals surface area contributed by atoms with E-state index in [1.807, 2.05) is 0 Å². The summed E-state index contributed by atoms with van der Waals surface area (Å²) in [7, 11) is 0. The van der Waals surface area contributed by atoms with Crippen molar-refractivity contribution in [1.82, 2.24) is 9.97 Å². The van der Waals surface area contributed by atoms with Crippen LogP contribution in [0.3, 0.4) is 0 Å². The molecule has 2 aromatic carbocycles. The number of aromatic amines is 2. The van der Waals surface area contributed by atoms with Crippen molar-refractivity contribution in [2.75, 3.05) is 0 Å². The van der Waals surface area contributed by atoms with Crippen LogP contribution in [0.25, 0.3) is 32.6 Å². The Balaban J connectivity index is 0.00000113. The van der Waals surface area contributed by atoms with Gasteiger partial charge < -0.3 is 15.1 Å². The Hall–Kier alpha value is -1.41. The van der Waals surface area contributed by atoms with Crippen LogP contribution >= 0.6 is 0 Å². The number of fused-ring (bicyclic) bond motifs is 5. The molecular weight excluding hydrogens is 342 g/mol. The van der Waals surface area contributed by atoms with Gasteiger partial charge in [-0.1, -0.05) is 12.1 Å². The third-order valence-electron chi connectivity index (χ3n) is 3.96. The van der Waals surface area contributed by atoms with Crippen molar-refractivity contribution in [3.8, 4) is 0 Å².